The summed E-state index contributed by atoms with van der Waals surface area (Å²) in [6, 6.07) is 8.62. The van der Waals surface area contributed by atoms with Crippen LogP contribution in [-0.4, -0.2) is 22.8 Å². The quantitative estimate of drug-likeness (QED) is 0.393. The molecule has 0 saturated carbocycles. The fourth-order valence-electron chi connectivity index (χ4n) is 1.59. The highest BCUT2D eigenvalue weighted by molar-refractivity contribution is 5.97. The van der Waals surface area contributed by atoms with Crippen LogP contribution in [0.15, 0.2) is 45.9 Å². The summed E-state index contributed by atoms with van der Waals surface area (Å²) < 4.78 is 4.84. The monoisotopic (exact) mass is 301 g/mol. The van der Waals surface area contributed by atoms with Gasteiger partial charge < -0.3 is 4.42 Å². The number of Topliss-reactive ketones (excluding diaryl/α,β-unsaturated/α-hetero) is 1. The maximum atomic E-state index is 11.8. The van der Waals surface area contributed by atoms with E-state index in [0.29, 0.717) is 11.1 Å². The Kier molecular flexibility index (Phi) is 4.42. The molecule has 0 unspecified atom stereocenters. The van der Waals surface area contributed by atoms with Gasteiger partial charge in [0.15, 0.2) is 11.5 Å². The Bertz CT molecular complexity index is 746. The average Bonchev–Trinajstić information content (AvgIpc) is 2.96. The summed E-state index contributed by atoms with van der Waals surface area (Å²) in [4.78, 5) is 32.7. The van der Waals surface area contributed by atoms with Crippen LogP contribution in [0.1, 0.15) is 33.4 Å². The Morgan fingerprint density at radius 2 is 1.82 bits per heavy atom. The molecule has 0 aliphatic carbocycles. The van der Waals surface area contributed by atoms with Crippen LogP contribution in [0, 0.1) is 10.1 Å². The Morgan fingerprint density at radius 1 is 1.18 bits per heavy atom. The van der Waals surface area contributed by atoms with Gasteiger partial charge in [0.2, 0.25) is 0 Å². The Labute approximate surface area is 124 Å². The highest BCUT2D eigenvalue weighted by Gasteiger charge is 2.10. The van der Waals surface area contributed by atoms with E-state index >= 15 is 0 Å². The largest absolute Gasteiger partial charge is 0.433 e. The second-order valence-electron chi connectivity index (χ2n) is 4.27. The fraction of sp³-hybridized carbons (Fsp3) is 0.0714. The summed E-state index contributed by atoms with van der Waals surface area (Å²) in [5, 5.41) is 14.1. The number of rotatable bonds is 5. The van der Waals surface area contributed by atoms with Crippen molar-refractivity contribution < 1.29 is 18.9 Å². The molecular formula is C14H11N3O5. The number of nitrogens with zero attached hydrogens (tertiary/aromatic N) is 2. The van der Waals surface area contributed by atoms with Crippen molar-refractivity contribution in [2.45, 2.75) is 6.92 Å². The normalized spacial score (nSPS) is 10.6. The number of benzene rings is 1. The van der Waals surface area contributed by atoms with Crippen LogP contribution < -0.4 is 5.43 Å². The molecule has 22 heavy (non-hydrogen) atoms. The van der Waals surface area contributed by atoms with Crippen LogP contribution in [0.2, 0.25) is 0 Å². The summed E-state index contributed by atoms with van der Waals surface area (Å²) in [6.07, 6.45) is 1.15. The van der Waals surface area contributed by atoms with Crippen LogP contribution in [-0.2, 0) is 0 Å². The minimum absolute atomic E-state index is 0.0932. The zero-order chi connectivity index (χ0) is 16.1. The Morgan fingerprint density at radius 3 is 2.36 bits per heavy atom. The van der Waals surface area contributed by atoms with E-state index in [4.69, 9.17) is 4.42 Å². The van der Waals surface area contributed by atoms with Crippen LogP contribution in [0.3, 0.4) is 0 Å². The molecule has 2 rings (SSSR count). The van der Waals surface area contributed by atoms with Gasteiger partial charge in [-0.2, -0.15) is 5.10 Å². The molecule has 1 aromatic heterocycles. The van der Waals surface area contributed by atoms with Crippen molar-refractivity contribution in [3.05, 3.63) is 63.4 Å². The average molecular weight is 301 g/mol. The number of hydrogen-bond donors (Lipinski definition) is 1. The zero-order valence-electron chi connectivity index (χ0n) is 11.5. The van der Waals surface area contributed by atoms with E-state index in [1.54, 1.807) is 0 Å². The van der Waals surface area contributed by atoms with E-state index in [-0.39, 0.29) is 11.5 Å². The van der Waals surface area contributed by atoms with Crippen LogP contribution in [0.4, 0.5) is 5.88 Å². The predicted octanol–water partition coefficient (Wildman–Crippen LogP) is 2.15. The predicted molar refractivity (Wildman–Crippen MR) is 76.9 cm³/mol. The maximum Gasteiger partial charge on any atom is 0.433 e. The van der Waals surface area contributed by atoms with Gasteiger partial charge in [-0.3, -0.25) is 19.7 Å². The van der Waals surface area contributed by atoms with Crippen molar-refractivity contribution in [2.75, 3.05) is 0 Å². The van der Waals surface area contributed by atoms with Crippen molar-refractivity contribution in [3.63, 3.8) is 0 Å². The number of nitrogens with one attached hydrogen (secondary N) is 1. The second kappa shape index (κ2) is 6.44. The molecule has 0 aliphatic heterocycles. The molecule has 0 bridgehead atoms. The zero-order valence-corrected chi connectivity index (χ0v) is 11.5. The first-order chi connectivity index (χ1) is 10.5. The summed E-state index contributed by atoms with van der Waals surface area (Å²) in [5.74, 6) is -0.844. The van der Waals surface area contributed by atoms with Crippen molar-refractivity contribution >= 4 is 23.8 Å². The lowest BCUT2D eigenvalue weighted by molar-refractivity contribution is -0.402. The first kappa shape index (κ1) is 15.1. The van der Waals surface area contributed by atoms with E-state index in [9.17, 15) is 19.7 Å². The molecule has 0 fully saturated rings. The lowest BCUT2D eigenvalue weighted by Gasteiger charge is -2.00. The van der Waals surface area contributed by atoms with Crippen LogP contribution in [0.25, 0.3) is 0 Å². The summed E-state index contributed by atoms with van der Waals surface area (Å²) in [6.45, 7) is 1.43. The molecule has 0 atom stereocenters. The number of nitro groups is 1. The molecule has 0 radical (unpaired) electrons. The van der Waals surface area contributed by atoms with Gasteiger partial charge in [-0.25, -0.2) is 5.43 Å². The summed E-state index contributed by atoms with van der Waals surface area (Å²) >= 11 is 0. The smallest absolute Gasteiger partial charge is 0.400 e. The van der Waals surface area contributed by atoms with Crippen molar-refractivity contribution in [1.82, 2.24) is 5.43 Å². The minimum Gasteiger partial charge on any atom is -0.400 e. The number of carbonyl (C=O) groups is 2. The van der Waals surface area contributed by atoms with E-state index in [0.717, 1.165) is 6.21 Å². The van der Waals surface area contributed by atoms with Gasteiger partial charge in [-0.05, 0) is 25.1 Å². The molecular weight excluding hydrogens is 290 g/mol. The number of carbonyl (C=O) groups excluding carboxylic acids is 2. The van der Waals surface area contributed by atoms with Crippen molar-refractivity contribution in [3.8, 4) is 0 Å². The van der Waals surface area contributed by atoms with Crippen molar-refractivity contribution in [2.24, 2.45) is 5.10 Å². The SMILES string of the molecule is CC(=O)c1ccc(C(=O)N/N=C/c2ccc([N+](=O)[O-])o2)cc1. The van der Waals surface area contributed by atoms with Gasteiger partial charge in [0.1, 0.15) is 4.92 Å². The third kappa shape index (κ3) is 3.63. The lowest BCUT2D eigenvalue weighted by atomic mass is 10.1. The number of amides is 1. The van der Waals surface area contributed by atoms with Crippen LogP contribution in [0.5, 0.6) is 0 Å². The Hall–Kier alpha value is -3.29. The molecule has 0 spiro atoms. The van der Waals surface area contributed by atoms with Crippen molar-refractivity contribution in [1.29, 1.82) is 0 Å². The van der Waals surface area contributed by atoms with E-state index in [2.05, 4.69) is 10.5 Å². The third-order valence-corrected chi connectivity index (χ3v) is 2.70. The van der Waals surface area contributed by atoms with E-state index < -0.39 is 16.7 Å². The van der Waals surface area contributed by atoms with Crippen LogP contribution >= 0.6 is 0 Å². The van der Waals surface area contributed by atoms with Gasteiger partial charge in [0.25, 0.3) is 5.91 Å². The number of hydrogen-bond acceptors (Lipinski definition) is 6. The Balaban J connectivity index is 1.98. The molecule has 112 valence electrons. The molecule has 1 N–H and O–H groups in total. The maximum absolute atomic E-state index is 11.8. The fourth-order valence-corrected chi connectivity index (χ4v) is 1.59. The highest BCUT2D eigenvalue weighted by Crippen LogP contribution is 2.13. The second-order valence-corrected chi connectivity index (χ2v) is 4.27. The molecule has 1 aromatic carbocycles. The van der Waals surface area contributed by atoms with Gasteiger partial charge in [-0.15, -0.1) is 0 Å². The van der Waals surface area contributed by atoms with Gasteiger partial charge in [-0.1, -0.05) is 12.1 Å². The first-order valence-electron chi connectivity index (χ1n) is 6.16. The molecule has 1 amide bonds. The molecule has 0 aliphatic rings. The van der Waals surface area contributed by atoms with Gasteiger partial charge >= 0.3 is 5.88 Å². The highest BCUT2D eigenvalue weighted by atomic mass is 16.6. The summed E-state index contributed by atoms with van der Waals surface area (Å²) in [7, 11) is 0. The standard InChI is InChI=1S/C14H11N3O5/c1-9(18)10-2-4-11(5-3-10)14(19)16-15-8-12-6-7-13(22-12)17(20)21/h2-8H,1H3,(H,16,19)/b15-8+. The number of ketones is 1. The molecule has 1 heterocycles. The topological polar surface area (TPSA) is 115 Å². The lowest BCUT2D eigenvalue weighted by Crippen LogP contribution is -2.17. The number of furan rings is 1. The minimum atomic E-state index is -0.674. The third-order valence-electron chi connectivity index (χ3n) is 2.70. The molecule has 0 saturated heterocycles. The van der Waals surface area contributed by atoms with E-state index in [1.807, 2.05) is 0 Å². The number of hydrazone groups is 1. The molecule has 8 heteroatoms. The van der Waals surface area contributed by atoms with E-state index in [1.165, 1.54) is 43.3 Å². The van der Waals surface area contributed by atoms with Gasteiger partial charge in [0.05, 0.1) is 12.3 Å². The van der Waals surface area contributed by atoms with Gasteiger partial charge in [0, 0.05) is 11.1 Å². The summed E-state index contributed by atoms with van der Waals surface area (Å²) in [5.41, 5.74) is 3.08. The first-order valence-corrected chi connectivity index (χ1v) is 6.16. The molecule has 2 aromatic rings. The molecule has 8 nitrogen and oxygen atoms in total.